The van der Waals surface area contributed by atoms with Gasteiger partial charge in [0.1, 0.15) is 6.07 Å². The molecule has 0 spiro atoms. The third-order valence-electron chi connectivity index (χ3n) is 2.96. The van der Waals surface area contributed by atoms with Crippen LogP contribution in [0.4, 0.5) is 5.69 Å². The molecule has 1 heterocycles. The molecule has 0 aromatic heterocycles. The van der Waals surface area contributed by atoms with Gasteiger partial charge >= 0.3 is 5.97 Å². The van der Waals surface area contributed by atoms with Gasteiger partial charge in [-0.05, 0) is 30.2 Å². The normalized spacial score (nSPS) is 14.6. The number of benzene rings is 1. The number of carboxylic acid groups (broad SMARTS) is 1. The van der Waals surface area contributed by atoms with Gasteiger partial charge in [0.05, 0.1) is 11.3 Å². The summed E-state index contributed by atoms with van der Waals surface area (Å²) in [7, 11) is 0. The number of rotatable bonds is 3. The molecule has 1 N–H and O–H groups in total. The van der Waals surface area contributed by atoms with E-state index >= 15 is 0 Å². The molecule has 0 radical (unpaired) electrons. The lowest BCUT2D eigenvalue weighted by molar-refractivity contribution is -0.131. The van der Waals surface area contributed by atoms with Crippen molar-refractivity contribution in [2.45, 2.75) is 6.42 Å². The minimum absolute atomic E-state index is 0.572. The number of aliphatic carboxylic acids is 1. The number of carbonyl (C=O) groups is 1. The molecule has 0 atom stereocenters. The van der Waals surface area contributed by atoms with Crippen LogP contribution < -0.4 is 4.90 Å². The van der Waals surface area contributed by atoms with Crippen LogP contribution in [-0.2, 0) is 4.79 Å². The minimum Gasteiger partial charge on any atom is -0.478 e. The molecule has 0 amide bonds. The standard InChI is InChI=1S/C15H14N2O2/c16-11-13-10-12(5-7-15(18)19)4-6-14(13)17-8-2-1-3-9-17/h1-2,4-7,10H,3,8-9H2,(H,18,19)/b7-5+. The first-order valence-electron chi connectivity index (χ1n) is 6.06. The van der Waals surface area contributed by atoms with Crippen LogP contribution in [0.25, 0.3) is 6.08 Å². The molecule has 19 heavy (non-hydrogen) atoms. The third kappa shape index (κ3) is 3.23. The van der Waals surface area contributed by atoms with E-state index in [1.807, 2.05) is 12.1 Å². The number of nitrogens with zero attached hydrogens (tertiary/aromatic N) is 2. The summed E-state index contributed by atoms with van der Waals surface area (Å²) in [4.78, 5) is 12.6. The lowest BCUT2D eigenvalue weighted by Gasteiger charge is -2.26. The topological polar surface area (TPSA) is 64.3 Å². The van der Waals surface area contributed by atoms with Gasteiger partial charge in [0, 0.05) is 19.2 Å². The summed E-state index contributed by atoms with van der Waals surface area (Å²) in [5.41, 5.74) is 2.19. The van der Waals surface area contributed by atoms with E-state index in [1.165, 1.54) is 6.08 Å². The largest absolute Gasteiger partial charge is 0.478 e. The molecule has 1 aliphatic heterocycles. The highest BCUT2D eigenvalue weighted by Crippen LogP contribution is 2.23. The van der Waals surface area contributed by atoms with Gasteiger partial charge in [0.25, 0.3) is 0 Å². The van der Waals surface area contributed by atoms with Crippen molar-refractivity contribution in [3.63, 3.8) is 0 Å². The lowest BCUT2D eigenvalue weighted by atomic mass is 10.1. The highest BCUT2D eigenvalue weighted by molar-refractivity contribution is 5.85. The van der Waals surface area contributed by atoms with E-state index < -0.39 is 5.97 Å². The van der Waals surface area contributed by atoms with E-state index in [4.69, 9.17) is 5.11 Å². The van der Waals surface area contributed by atoms with Gasteiger partial charge in [-0.3, -0.25) is 0 Å². The quantitative estimate of drug-likeness (QED) is 0.664. The zero-order valence-corrected chi connectivity index (χ0v) is 10.4. The van der Waals surface area contributed by atoms with Crippen LogP contribution in [0.5, 0.6) is 0 Å². The lowest BCUT2D eigenvalue weighted by Crippen LogP contribution is -2.27. The first kappa shape index (κ1) is 12.9. The summed E-state index contributed by atoms with van der Waals surface area (Å²) >= 11 is 0. The number of hydrogen-bond acceptors (Lipinski definition) is 3. The molecule has 0 saturated heterocycles. The number of nitriles is 1. The van der Waals surface area contributed by atoms with Gasteiger partial charge in [0.2, 0.25) is 0 Å². The molecule has 2 rings (SSSR count). The van der Waals surface area contributed by atoms with Crippen LogP contribution in [0.3, 0.4) is 0 Å². The monoisotopic (exact) mass is 254 g/mol. The van der Waals surface area contributed by atoms with Gasteiger partial charge in [-0.1, -0.05) is 18.2 Å². The molecule has 1 aliphatic rings. The summed E-state index contributed by atoms with van der Waals surface area (Å²) in [5.74, 6) is -0.997. The van der Waals surface area contributed by atoms with E-state index in [1.54, 1.807) is 6.07 Å². The molecule has 0 bridgehead atoms. The van der Waals surface area contributed by atoms with Crippen molar-refractivity contribution >= 4 is 17.7 Å². The zero-order valence-electron chi connectivity index (χ0n) is 10.4. The van der Waals surface area contributed by atoms with Crippen molar-refractivity contribution in [2.75, 3.05) is 18.0 Å². The second kappa shape index (κ2) is 5.87. The van der Waals surface area contributed by atoms with Crippen molar-refractivity contribution in [1.82, 2.24) is 0 Å². The third-order valence-corrected chi connectivity index (χ3v) is 2.96. The maximum atomic E-state index is 10.5. The van der Waals surface area contributed by atoms with Crippen LogP contribution in [-0.4, -0.2) is 24.2 Å². The molecular weight excluding hydrogens is 240 g/mol. The van der Waals surface area contributed by atoms with Gasteiger partial charge in [-0.25, -0.2) is 4.79 Å². The second-order valence-electron chi connectivity index (χ2n) is 4.27. The Kier molecular flexibility index (Phi) is 3.99. The number of anilines is 1. The van der Waals surface area contributed by atoms with Crippen molar-refractivity contribution in [2.24, 2.45) is 0 Å². The van der Waals surface area contributed by atoms with Crippen molar-refractivity contribution < 1.29 is 9.90 Å². The predicted octanol–water partition coefficient (Wildman–Crippen LogP) is 2.42. The molecule has 0 unspecified atom stereocenters. The SMILES string of the molecule is N#Cc1cc(/C=C/C(=O)O)ccc1N1CC=CCC1. The smallest absolute Gasteiger partial charge is 0.328 e. The Morgan fingerprint density at radius 3 is 2.89 bits per heavy atom. The first-order chi connectivity index (χ1) is 9.20. The highest BCUT2D eigenvalue weighted by Gasteiger charge is 2.11. The van der Waals surface area contributed by atoms with Gasteiger partial charge in [0.15, 0.2) is 0 Å². The van der Waals surface area contributed by atoms with Crippen LogP contribution >= 0.6 is 0 Å². The average molecular weight is 254 g/mol. The Labute approximate surface area is 111 Å². The molecule has 4 nitrogen and oxygen atoms in total. The van der Waals surface area contributed by atoms with Crippen molar-refractivity contribution in [3.8, 4) is 6.07 Å². The Hall–Kier alpha value is -2.54. The van der Waals surface area contributed by atoms with Crippen LogP contribution in [0.1, 0.15) is 17.5 Å². The molecule has 1 aromatic carbocycles. The summed E-state index contributed by atoms with van der Waals surface area (Å²) < 4.78 is 0. The van der Waals surface area contributed by atoms with E-state index in [-0.39, 0.29) is 0 Å². The Morgan fingerprint density at radius 1 is 1.42 bits per heavy atom. The van der Waals surface area contributed by atoms with Gasteiger partial charge < -0.3 is 10.0 Å². The molecule has 0 saturated carbocycles. The van der Waals surface area contributed by atoms with E-state index in [0.29, 0.717) is 5.56 Å². The van der Waals surface area contributed by atoms with E-state index in [9.17, 15) is 10.1 Å². The second-order valence-corrected chi connectivity index (χ2v) is 4.27. The zero-order chi connectivity index (χ0) is 13.7. The summed E-state index contributed by atoms with van der Waals surface area (Å²) in [5, 5.41) is 17.8. The Morgan fingerprint density at radius 2 is 2.26 bits per heavy atom. The van der Waals surface area contributed by atoms with E-state index in [2.05, 4.69) is 23.1 Å². The van der Waals surface area contributed by atoms with E-state index in [0.717, 1.165) is 36.8 Å². The summed E-state index contributed by atoms with van der Waals surface area (Å²) in [6.07, 6.45) is 7.75. The maximum Gasteiger partial charge on any atom is 0.328 e. The number of hydrogen-bond donors (Lipinski definition) is 1. The average Bonchev–Trinajstić information content (AvgIpc) is 2.45. The Balaban J connectivity index is 2.29. The highest BCUT2D eigenvalue weighted by atomic mass is 16.4. The molecule has 0 aliphatic carbocycles. The molecule has 4 heteroatoms. The maximum absolute atomic E-state index is 10.5. The minimum atomic E-state index is -0.997. The summed E-state index contributed by atoms with van der Waals surface area (Å²) in [6, 6.07) is 7.59. The molecular formula is C15H14N2O2. The van der Waals surface area contributed by atoms with Crippen molar-refractivity contribution in [1.29, 1.82) is 5.26 Å². The summed E-state index contributed by atoms with van der Waals surface area (Å²) in [6.45, 7) is 1.70. The van der Waals surface area contributed by atoms with Crippen LogP contribution in [0.15, 0.2) is 36.4 Å². The van der Waals surface area contributed by atoms with Crippen LogP contribution in [0, 0.1) is 11.3 Å². The first-order valence-corrected chi connectivity index (χ1v) is 6.06. The van der Waals surface area contributed by atoms with Crippen LogP contribution in [0.2, 0.25) is 0 Å². The fraction of sp³-hybridized carbons (Fsp3) is 0.200. The molecule has 0 fully saturated rings. The van der Waals surface area contributed by atoms with Crippen molar-refractivity contribution in [3.05, 3.63) is 47.6 Å². The fourth-order valence-electron chi connectivity index (χ4n) is 2.05. The fourth-order valence-corrected chi connectivity index (χ4v) is 2.05. The Bertz CT molecular complexity index is 582. The van der Waals surface area contributed by atoms with Gasteiger partial charge in [-0.2, -0.15) is 5.26 Å². The predicted molar refractivity (Wildman–Crippen MR) is 73.8 cm³/mol. The molecule has 1 aromatic rings. The number of carboxylic acids is 1. The van der Waals surface area contributed by atoms with Gasteiger partial charge in [-0.15, -0.1) is 0 Å². The molecule has 96 valence electrons.